The highest BCUT2D eigenvalue weighted by Gasteiger charge is 2.22. The molecule has 0 saturated heterocycles. The first-order valence-electron chi connectivity index (χ1n) is 8.87. The monoisotopic (exact) mass is 303 g/mol. The first kappa shape index (κ1) is 15.3. The van der Waals surface area contributed by atoms with Crippen LogP contribution in [0.25, 0.3) is 0 Å². The molecule has 2 saturated carbocycles. The Bertz CT molecular complexity index is 439. The number of thioether (sulfide) groups is 1. The molecule has 0 spiro atoms. The number of para-hydroxylation sites is 1. The normalized spacial score (nSPS) is 26.9. The summed E-state index contributed by atoms with van der Waals surface area (Å²) in [5, 5.41) is 4.72. The lowest BCUT2D eigenvalue weighted by Crippen LogP contribution is -2.27. The van der Waals surface area contributed by atoms with Gasteiger partial charge in [-0.3, -0.25) is 0 Å². The van der Waals surface area contributed by atoms with Crippen molar-refractivity contribution in [3.63, 3.8) is 0 Å². The fourth-order valence-corrected chi connectivity index (χ4v) is 5.23. The van der Waals surface area contributed by atoms with Crippen LogP contribution < -0.4 is 5.32 Å². The summed E-state index contributed by atoms with van der Waals surface area (Å²) in [6.45, 7) is 2.34. The maximum Gasteiger partial charge on any atom is 0.0480 e. The molecule has 3 rings (SSSR count). The van der Waals surface area contributed by atoms with E-state index in [1.54, 1.807) is 0 Å². The molecule has 0 amide bonds. The van der Waals surface area contributed by atoms with Crippen molar-refractivity contribution in [1.82, 2.24) is 0 Å². The third kappa shape index (κ3) is 4.18. The molecule has 0 heterocycles. The molecule has 2 aliphatic carbocycles. The molecule has 0 aliphatic heterocycles. The van der Waals surface area contributed by atoms with Gasteiger partial charge in [-0.25, -0.2) is 0 Å². The van der Waals surface area contributed by atoms with Gasteiger partial charge in [-0.15, -0.1) is 11.8 Å². The van der Waals surface area contributed by atoms with E-state index < -0.39 is 0 Å². The van der Waals surface area contributed by atoms with E-state index in [1.165, 1.54) is 68.4 Å². The van der Waals surface area contributed by atoms with E-state index >= 15 is 0 Å². The molecule has 0 radical (unpaired) electrons. The first-order chi connectivity index (χ1) is 10.3. The summed E-state index contributed by atoms with van der Waals surface area (Å²) in [6.07, 6.45) is 12.5. The lowest BCUT2D eigenvalue weighted by molar-refractivity contribution is 0.327. The smallest absolute Gasteiger partial charge is 0.0480 e. The molecule has 1 aromatic rings. The van der Waals surface area contributed by atoms with Crippen LogP contribution in [-0.4, -0.2) is 11.3 Å². The van der Waals surface area contributed by atoms with Crippen molar-refractivity contribution < 1.29 is 0 Å². The van der Waals surface area contributed by atoms with E-state index in [1.807, 2.05) is 0 Å². The van der Waals surface area contributed by atoms with Gasteiger partial charge in [-0.1, -0.05) is 51.2 Å². The van der Waals surface area contributed by atoms with Crippen LogP contribution in [0, 0.1) is 5.92 Å². The second-order valence-electron chi connectivity index (χ2n) is 6.80. The Balaban J connectivity index is 1.64. The summed E-state index contributed by atoms with van der Waals surface area (Å²) in [7, 11) is 0. The molecule has 1 nitrogen and oxygen atoms in total. The molecule has 2 heteroatoms. The van der Waals surface area contributed by atoms with E-state index in [2.05, 4.69) is 48.3 Å². The van der Waals surface area contributed by atoms with Gasteiger partial charge >= 0.3 is 0 Å². The first-order valence-corrected chi connectivity index (χ1v) is 9.75. The standard InChI is InChI=1S/C19H29NS/c1-2-15-8-7-9-16(14-15)20-18-12-5-6-13-19(18)21-17-10-3-4-11-17/h5-6,12-13,15-17,20H,2-4,7-11,14H2,1H3. The van der Waals surface area contributed by atoms with Gasteiger partial charge in [0.2, 0.25) is 0 Å². The lowest BCUT2D eigenvalue weighted by Gasteiger charge is -2.30. The van der Waals surface area contributed by atoms with Gasteiger partial charge in [-0.05, 0) is 43.7 Å². The van der Waals surface area contributed by atoms with Crippen molar-refractivity contribution in [2.45, 2.75) is 80.9 Å². The van der Waals surface area contributed by atoms with Crippen molar-refractivity contribution in [1.29, 1.82) is 0 Å². The number of rotatable bonds is 5. The Hall–Kier alpha value is -0.630. The van der Waals surface area contributed by atoms with Crippen LogP contribution in [0.4, 0.5) is 5.69 Å². The highest BCUT2D eigenvalue weighted by molar-refractivity contribution is 8.00. The predicted molar refractivity (Wildman–Crippen MR) is 94.2 cm³/mol. The minimum absolute atomic E-state index is 0.689. The number of hydrogen-bond donors (Lipinski definition) is 1. The van der Waals surface area contributed by atoms with Crippen molar-refractivity contribution in [2.75, 3.05) is 5.32 Å². The van der Waals surface area contributed by atoms with Crippen molar-refractivity contribution in [2.24, 2.45) is 5.92 Å². The third-order valence-corrected chi connectivity index (χ3v) is 6.62. The number of hydrogen-bond acceptors (Lipinski definition) is 2. The van der Waals surface area contributed by atoms with E-state index in [-0.39, 0.29) is 0 Å². The maximum atomic E-state index is 3.87. The molecule has 2 fully saturated rings. The van der Waals surface area contributed by atoms with Gasteiger partial charge < -0.3 is 5.32 Å². The minimum atomic E-state index is 0.689. The van der Waals surface area contributed by atoms with Crippen LogP contribution in [0.3, 0.4) is 0 Å². The van der Waals surface area contributed by atoms with Gasteiger partial charge in [0.1, 0.15) is 0 Å². The largest absolute Gasteiger partial charge is 0.381 e. The van der Waals surface area contributed by atoms with Gasteiger partial charge in [0.05, 0.1) is 0 Å². The van der Waals surface area contributed by atoms with Crippen LogP contribution in [-0.2, 0) is 0 Å². The minimum Gasteiger partial charge on any atom is -0.381 e. The molecule has 2 aliphatic rings. The highest BCUT2D eigenvalue weighted by atomic mass is 32.2. The quantitative estimate of drug-likeness (QED) is 0.705. The number of anilines is 1. The Labute approximate surface area is 134 Å². The molecule has 0 bridgehead atoms. The Morgan fingerprint density at radius 1 is 1.05 bits per heavy atom. The highest BCUT2D eigenvalue weighted by Crippen LogP contribution is 2.39. The molecule has 2 unspecified atom stereocenters. The molecule has 0 aromatic heterocycles. The Morgan fingerprint density at radius 2 is 1.86 bits per heavy atom. The van der Waals surface area contributed by atoms with Gasteiger partial charge in [0.15, 0.2) is 0 Å². The molecular formula is C19H29NS. The summed E-state index contributed by atoms with van der Waals surface area (Å²) in [5.41, 5.74) is 1.39. The number of benzene rings is 1. The lowest BCUT2D eigenvalue weighted by atomic mass is 9.84. The van der Waals surface area contributed by atoms with E-state index in [0.717, 1.165) is 11.2 Å². The topological polar surface area (TPSA) is 12.0 Å². The van der Waals surface area contributed by atoms with Crippen molar-refractivity contribution in [3.8, 4) is 0 Å². The van der Waals surface area contributed by atoms with Crippen LogP contribution in [0.1, 0.15) is 64.7 Å². The van der Waals surface area contributed by atoms with E-state index in [9.17, 15) is 0 Å². The third-order valence-electron chi connectivity index (χ3n) is 5.20. The van der Waals surface area contributed by atoms with E-state index in [4.69, 9.17) is 0 Å². The zero-order valence-electron chi connectivity index (χ0n) is 13.3. The maximum absolute atomic E-state index is 3.87. The molecule has 116 valence electrons. The van der Waals surface area contributed by atoms with Gasteiger partial charge in [0, 0.05) is 21.9 Å². The summed E-state index contributed by atoms with van der Waals surface area (Å²) in [5.74, 6) is 0.936. The van der Waals surface area contributed by atoms with Gasteiger partial charge in [0.25, 0.3) is 0 Å². The summed E-state index contributed by atoms with van der Waals surface area (Å²) < 4.78 is 0. The second-order valence-corrected chi connectivity index (χ2v) is 8.14. The van der Waals surface area contributed by atoms with E-state index in [0.29, 0.717) is 6.04 Å². The van der Waals surface area contributed by atoms with Gasteiger partial charge in [-0.2, -0.15) is 0 Å². The van der Waals surface area contributed by atoms with Crippen molar-refractivity contribution >= 4 is 17.4 Å². The molecule has 1 aromatic carbocycles. The fourth-order valence-electron chi connectivity index (χ4n) is 3.89. The van der Waals surface area contributed by atoms with Crippen LogP contribution in [0.15, 0.2) is 29.2 Å². The van der Waals surface area contributed by atoms with Crippen LogP contribution in [0.5, 0.6) is 0 Å². The predicted octanol–water partition coefficient (Wildman–Crippen LogP) is 6.10. The molecular weight excluding hydrogens is 274 g/mol. The molecule has 2 atom stereocenters. The fraction of sp³-hybridized carbons (Fsp3) is 0.684. The Morgan fingerprint density at radius 3 is 2.67 bits per heavy atom. The summed E-state index contributed by atoms with van der Waals surface area (Å²) in [6, 6.07) is 9.66. The molecule has 21 heavy (non-hydrogen) atoms. The SMILES string of the molecule is CCC1CCCC(Nc2ccccc2SC2CCCC2)C1. The van der Waals surface area contributed by atoms with Crippen LogP contribution in [0.2, 0.25) is 0 Å². The summed E-state index contributed by atoms with van der Waals surface area (Å²) >= 11 is 2.11. The Kier molecular flexibility index (Phi) is 5.51. The van der Waals surface area contributed by atoms with Crippen LogP contribution >= 0.6 is 11.8 Å². The zero-order valence-corrected chi connectivity index (χ0v) is 14.1. The summed E-state index contributed by atoms with van der Waals surface area (Å²) in [4.78, 5) is 1.48. The average Bonchev–Trinajstić information content (AvgIpc) is 3.02. The second kappa shape index (κ2) is 7.58. The number of nitrogens with one attached hydrogen (secondary N) is 1. The molecule has 1 N–H and O–H groups in total. The average molecular weight is 304 g/mol. The zero-order chi connectivity index (χ0) is 14.5. The van der Waals surface area contributed by atoms with Crippen molar-refractivity contribution in [3.05, 3.63) is 24.3 Å².